The van der Waals surface area contributed by atoms with Crippen molar-refractivity contribution in [2.75, 3.05) is 19.6 Å². The molecule has 0 spiro atoms. The zero-order valence-corrected chi connectivity index (χ0v) is 14.2. The summed E-state index contributed by atoms with van der Waals surface area (Å²) in [5.41, 5.74) is 1.26. The average molecular weight is 302 g/mol. The standard InChI is InChI=1S/C19H30N2O/c1-15(2)18(17-9-5-4-6-10-17)13-19(22)20-14-16(3)21-11-7-8-12-21/h4-6,9-10,15-16,18H,7-8,11-14H2,1-3H3,(H,20,22). The maximum absolute atomic E-state index is 12.3. The van der Waals surface area contributed by atoms with Gasteiger partial charge in [-0.25, -0.2) is 0 Å². The summed E-state index contributed by atoms with van der Waals surface area (Å²) in [6.07, 6.45) is 3.16. The minimum Gasteiger partial charge on any atom is -0.355 e. The molecule has 22 heavy (non-hydrogen) atoms. The first-order chi connectivity index (χ1) is 10.6. The zero-order chi connectivity index (χ0) is 15.9. The Kier molecular flexibility index (Phi) is 6.44. The highest BCUT2D eigenvalue weighted by molar-refractivity contribution is 5.77. The first-order valence-electron chi connectivity index (χ1n) is 8.63. The van der Waals surface area contributed by atoms with Crippen LogP contribution < -0.4 is 5.32 Å². The van der Waals surface area contributed by atoms with E-state index in [1.54, 1.807) is 0 Å². The number of likely N-dealkylation sites (tertiary alicyclic amines) is 1. The Morgan fingerprint density at radius 3 is 2.36 bits per heavy atom. The van der Waals surface area contributed by atoms with Gasteiger partial charge in [0.05, 0.1) is 0 Å². The summed E-state index contributed by atoms with van der Waals surface area (Å²) in [7, 11) is 0. The van der Waals surface area contributed by atoms with E-state index in [1.165, 1.54) is 31.5 Å². The van der Waals surface area contributed by atoms with Crippen molar-refractivity contribution in [3.8, 4) is 0 Å². The number of nitrogens with zero attached hydrogens (tertiary/aromatic N) is 1. The van der Waals surface area contributed by atoms with Gasteiger partial charge in [0.2, 0.25) is 5.91 Å². The van der Waals surface area contributed by atoms with Gasteiger partial charge in [0.25, 0.3) is 0 Å². The molecule has 1 N–H and O–H groups in total. The lowest BCUT2D eigenvalue weighted by atomic mass is 9.85. The molecule has 2 unspecified atom stereocenters. The van der Waals surface area contributed by atoms with Gasteiger partial charge in [-0.05, 0) is 50.3 Å². The van der Waals surface area contributed by atoms with E-state index < -0.39 is 0 Å². The number of nitrogens with one attached hydrogen (secondary N) is 1. The second-order valence-electron chi connectivity index (χ2n) is 6.86. The van der Waals surface area contributed by atoms with Crippen molar-refractivity contribution >= 4 is 5.91 Å². The Labute approximate surface area is 135 Å². The molecule has 0 aliphatic carbocycles. The molecule has 1 aromatic carbocycles. The van der Waals surface area contributed by atoms with Gasteiger partial charge in [0.1, 0.15) is 0 Å². The van der Waals surface area contributed by atoms with Gasteiger partial charge >= 0.3 is 0 Å². The molecule has 1 aliphatic rings. The average Bonchev–Trinajstić information content (AvgIpc) is 3.05. The molecular weight excluding hydrogens is 272 g/mol. The van der Waals surface area contributed by atoms with E-state index in [-0.39, 0.29) is 5.91 Å². The predicted octanol–water partition coefficient (Wildman–Crippen LogP) is 3.42. The Morgan fingerprint density at radius 2 is 1.77 bits per heavy atom. The predicted molar refractivity (Wildman–Crippen MR) is 91.9 cm³/mol. The van der Waals surface area contributed by atoms with Gasteiger partial charge in [0, 0.05) is 19.0 Å². The number of hydrogen-bond acceptors (Lipinski definition) is 2. The van der Waals surface area contributed by atoms with Crippen LogP contribution in [-0.4, -0.2) is 36.5 Å². The van der Waals surface area contributed by atoms with Crippen LogP contribution in [0.25, 0.3) is 0 Å². The number of hydrogen-bond donors (Lipinski definition) is 1. The van der Waals surface area contributed by atoms with E-state index in [4.69, 9.17) is 0 Å². The van der Waals surface area contributed by atoms with Crippen LogP contribution in [0, 0.1) is 5.92 Å². The molecule has 3 heteroatoms. The third-order valence-electron chi connectivity index (χ3n) is 4.80. The van der Waals surface area contributed by atoms with E-state index in [0.717, 1.165) is 6.54 Å². The van der Waals surface area contributed by atoms with Crippen molar-refractivity contribution in [3.63, 3.8) is 0 Å². The summed E-state index contributed by atoms with van der Waals surface area (Å²) in [6.45, 7) is 9.71. The van der Waals surface area contributed by atoms with Crippen LogP contribution in [0.1, 0.15) is 51.5 Å². The normalized spacial score (nSPS) is 18.4. The number of benzene rings is 1. The van der Waals surface area contributed by atoms with Gasteiger partial charge < -0.3 is 5.32 Å². The molecule has 3 nitrogen and oxygen atoms in total. The van der Waals surface area contributed by atoms with Crippen LogP contribution in [-0.2, 0) is 4.79 Å². The highest BCUT2D eigenvalue weighted by Crippen LogP contribution is 2.27. The number of carbonyl (C=O) groups excluding carboxylic acids is 1. The Balaban J connectivity index is 1.83. The molecule has 1 aliphatic heterocycles. The van der Waals surface area contributed by atoms with Crippen molar-refractivity contribution in [3.05, 3.63) is 35.9 Å². The van der Waals surface area contributed by atoms with Crippen molar-refractivity contribution in [2.45, 2.75) is 52.0 Å². The molecule has 1 aromatic rings. The smallest absolute Gasteiger partial charge is 0.220 e. The lowest BCUT2D eigenvalue weighted by Crippen LogP contribution is -2.41. The summed E-state index contributed by atoms with van der Waals surface area (Å²) >= 11 is 0. The van der Waals surface area contributed by atoms with Gasteiger partial charge in [-0.15, -0.1) is 0 Å². The van der Waals surface area contributed by atoms with Gasteiger partial charge in [-0.3, -0.25) is 9.69 Å². The van der Waals surface area contributed by atoms with Crippen molar-refractivity contribution in [1.82, 2.24) is 10.2 Å². The molecule has 0 saturated carbocycles. The molecule has 0 bridgehead atoms. The Hall–Kier alpha value is -1.35. The third kappa shape index (κ3) is 4.84. The third-order valence-corrected chi connectivity index (χ3v) is 4.80. The fourth-order valence-electron chi connectivity index (χ4n) is 3.28. The molecule has 1 fully saturated rings. The van der Waals surface area contributed by atoms with Crippen LogP contribution in [0.3, 0.4) is 0 Å². The van der Waals surface area contributed by atoms with E-state index >= 15 is 0 Å². The molecule has 1 amide bonds. The summed E-state index contributed by atoms with van der Waals surface area (Å²) in [6, 6.07) is 10.8. The molecule has 0 radical (unpaired) electrons. The van der Waals surface area contributed by atoms with E-state index in [0.29, 0.717) is 24.3 Å². The monoisotopic (exact) mass is 302 g/mol. The van der Waals surface area contributed by atoms with E-state index in [1.807, 2.05) is 6.07 Å². The van der Waals surface area contributed by atoms with Crippen molar-refractivity contribution < 1.29 is 4.79 Å². The minimum atomic E-state index is 0.175. The van der Waals surface area contributed by atoms with E-state index in [2.05, 4.69) is 55.3 Å². The second-order valence-corrected chi connectivity index (χ2v) is 6.86. The van der Waals surface area contributed by atoms with E-state index in [9.17, 15) is 4.79 Å². The fourth-order valence-corrected chi connectivity index (χ4v) is 3.28. The van der Waals surface area contributed by atoms with Crippen LogP contribution >= 0.6 is 0 Å². The lowest BCUT2D eigenvalue weighted by Gasteiger charge is -2.25. The quantitative estimate of drug-likeness (QED) is 0.837. The Bertz CT molecular complexity index is 452. The summed E-state index contributed by atoms with van der Waals surface area (Å²) < 4.78 is 0. The summed E-state index contributed by atoms with van der Waals surface area (Å²) in [4.78, 5) is 14.8. The molecule has 122 valence electrons. The summed E-state index contributed by atoms with van der Waals surface area (Å²) in [5.74, 6) is 0.932. The largest absolute Gasteiger partial charge is 0.355 e. The van der Waals surface area contributed by atoms with Gasteiger partial charge in [-0.2, -0.15) is 0 Å². The number of amides is 1. The van der Waals surface area contributed by atoms with Crippen LogP contribution in [0.15, 0.2) is 30.3 Å². The van der Waals surface area contributed by atoms with Crippen LogP contribution in [0.2, 0.25) is 0 Å². The van der Waals surface area contributed by atoms with Gasteiger partial charge in [0.15, 0.2) is 0 Å². The van der Waals surface area contributed by atoms with Crippen molar-refractivity contribution in [2.24, 2.45) is 5.92 Å². The van der Waals surface area contributed by atoms with Crippen molar-refractivity contribution in [1.29, 1.82) is 0 Å². The SMILES string of the molecule is CC(C)C(CC(=O)NCC(C)N1CCCC1)c1ccccc1. The molecule has 2 rings (SSSR count). The maximum Gasteiger partial charge on any atom is 0.220 e. The highest BCUT2D eigenvalue weighted by Gasteiger charge is 2.21. The minimum absolute atomic E-state index is 0.175. The number of carbonyl (C=O) groups is 1. The molecular formula is C19H30N2O. The first-order valence-corrected chi connectivity index (χ1v) is 8.63. The fraction of sp³-hybridized carbons (Fsp3) is 0.632. The molecule has 0 aromatic heterocycles. The summed E-state index contributed by atoms with van der Waals surface area (Å²) in [5, 5.41) is 3.13. The lowest BCUT2D eigenvalue weighted by molar-refractivity contribution is -0.121. The van der Waals surface area contributed by atoms with Crippen LogP contribution in [0.4, 0.5) is 0 Å². The zero-order valence-electron chi connectivity index (χ0n) is 14.2. The maximum atomic E-state index is 12.3. The van der Waals surface area contributed by atoms with Gasteiger partial charge in [-0.1, -0.05) is 44.2 Å². The number of rotatable bonds is 7. The Morgan fingerprint density at radius 1 is 1.14 bits per heavy atom. The van der Waals surface area contributed by atoms with Crippen LogP contribution in [0.5, 0.6) is 0 Å². The molecule has 1 saturated heterocycles. The second kappa shape index (κ2) is 8.33. The molecule has 1 heterocycles. The topological polar surface area (TPSA) is 32.3 Å². The first kappa shape index (κ1) is 17.0. The highest BCUT2D eigenvalue weighted by atomic mass is 16.1. The molecule has 2 atom stereocenters.